The Balaban J connectivity index is 3.45. The van der Waals surface area contributed by atoms with Crippen molar-refractivity contribution in [2.45, 2.75) is 41.0 Å². The van der Waals surface area contributed by atoms with E-state index < -0.39 is 0 Å². The first-order chi connectivity index (χ1) is 7.04. The van der Waals surface area contributed by atoms with Gasteiger partial charge in [-0.3, -0.25) is 0 Å². The van der Waals surface area contributed by atoms with Gasteiger partial charge < -0.3 is 9.84 Å². The quantitative estimate of drug-likeness (QED) is 0.826. The molecule has 1 aromatic rings. The summed E-state index contributed by atoms with van der Waals surface area (Å²) in [6.45, 7) is 10.6. The predicted molar refractivity (Wildman–Crippen MR) is 62.9 cm³/mol. The molecule has 0 spiro atoms. The van der Waals surface area contributed by atoms with Crippen LogP contribution in [0.25, 0.3) is 0 Å². The molecule has 84 valence electrons. The summed E-state index contributed by atoms with van der Waals surface area (Å²) in [6.07, 6.45) is 0.832. The Hall–Kier alpha value is -1.18. The molecule has 0 unspecified atom stereocenters. The van der Waals surface area contributed by atoms with Crippen LogP contribution in [-0.2, 0) is 6.42 Å². The zero-order chi connectivity index (χ0) is 11.6. The summed E-state index contributed by atoms with van der Waals surface area (Å²) in [5.74, 6) is 1.36. The zero-order valence-corrected chi connectivity index (χ0v) is 10.3. The molecule has 1 rings (SSSR count). The van der Waals surface area contributed by atoms with Crippen LogP contribution in [0.1, 0.15) is 36.1 Å². The van der Waals surface area contributed by atoms with Gasteiger partial charge in [-0.1, -0.05) is 6.92 Å². The molecule has 0 aliphatic rings. The smallest absolute Gasteiger partial charge is 0.125 e. The van der Waals surface area contributed by atoms with E-state index in [2.05, 4.69) is 0 Å². The van der Waals surface area contributed by atoms with Gasteiger partial charge in [0.2, 0.25) is 0 Å². The average molecular weight is 208 g/mol. The van der Waals surface area contributed by atoms with Crippen LogP contribution in [0.15, 0.2) is 0 Å². The zero-order valence-electron chi connectivity index (χ0n) is 10.3. The van der Waals surface area contributed by atoms with E-state index in [9.17, 15) is 5.11 Å². The molecule has 0 aromatic heterocycles. The lowest BCUT2D eigenvalue weighted by molar-refractivity contribution is 0.333. The maximum absolute atomic E-state index is 10.00. The first-order valence-electron chi connectivity index (χ1n) is 5.48. The number of phenols is 1. The molecule has 1 N–H and O–H groups in total. The van der Waals surface area contributed by atoms with Crippen LogP contribution in [0, 0.1) is 20.8 Å². The van der Waals surface area contributed by atoms with Gasteiger partial charge in [-0.05, 0) is 50.8 Å². The molecule has 2 heteroatoms. The number of hydrogen-bond acceptors (Lipinski definition) is 2. The van der Waals surface area contributed by atoms with Crippen LogP contribution >= 0.6 is 0 Å². The predicted octanol–water partition coefficient (Wildman–Crippen LogP) is 3.28. The normalized spacial score (nSPS) is 10.5. The van der Waals surface area contributed by atoms with Crippen LogP contribution in [0.5, 0.6) is 11.5 Å². The van der Waals surface area contributed by atoms with Crippen LogP contribution in [0.3, 0.4) is 0 Å². The summed E-state index contributed by atoms with van der Waals surface area (Å²) in [5.41, 5.74) is 4.05. The van der Waals surface area contributed by atoms with Gasteiger partial charge in [-0.2, -0.15) is 0 Å². The Morgan fingerprint density at radius 1 is 1.00 bits per heavy atom. The minimum atomic E-state index is 0.427. The van der Waals surface area contributed by atoms with Crippen LogP contribution < -0.4 is 4.74 Å². The highest BCUT2D eigenvalue weighted by Gasteiger charge is 2.16. The second-order valence-corrected chi connectivity index (χ2v) is 3.82. The van der Waals surface area contributed by atoms with Crippen molar-refractivity contribution in [3.63, 3.8) is 0 Å². The van der Waals surface area contributed by atoms with Crippen molar-refractivity contribution in [3.8, 4) is 11.5 Å². The summed E-state index contributed by atoms with van der Waals surface area (Å²) in [7, 11) is 0. The molecule has 0 atom stereocenters. The number of benzene rings is 1. The SMILES string of the molecule is CCOc1c(C)c(C)c(O)c(CC)c1C. The van der Waals surface area contributed by atoms with Gasteiger partial charge in [0, 0.05) is 5.56 Å². The van der Waals surface area contributed by atoms with Gasteiger partial charge in [-0.25, -0.2) is 0 Å². The van der Waals surface area contributed by atoms with Gasteiger partial charge in [0.05, 0.1) is 6.61 Å². The lowest BCUT2D eigenvalue weighted by atomic mass is 9.96. The van der Waals surface area contributed by atoms with Crippen LogP contribution in [-0.4, -0.2) is 11.7 Å². The third-order valence-corrected chi connectivity index (χ3v) is 2.98. The lowest BCUT2D eigenvalue weighted by Crippen LogP contribution is -2.02. The van der Waals surface area contributed by atoms with Crippen molar-refractivity contribution in [2.75, 3.05) is 6.61 Å². The van der Waals surface area contributed by atoms with Crippen molar-refractivity contribution in [1.82, 2.24) is 0 Å². The van der Waals surface area contributed by atoms with E-state index in [0.29, 0.717) is 12.4 Å². The fraction of sp³-hybridized carbons (Fsp3) is 0.538. The minimum absolute atomic E-state index is 0.427. The number of phenolic OH excluding ortho intramolecular Hbond substituents is 1. The summed E-state index contributed by atoms with van der Waals surface area (Å²) in [6, 6.07) is 0. The Labute approximate surface area is 91.9 Å². The second kappa shape index (κ2) is 4.56. The summed E-state index contributed by atoms with van der Waals surface area (Å²) in [4.78, 5) is 0. The minimum Gasteiger partial charge on any atom is -0.507 e. The third kappa shape index (κ3) is 1.94. The molecular weight excluding hydrogens is 188 g/mol. The van der Waals surface area contributed by atoms with Gasteiger partial charge in [0.25, 0.3) is 0 Å². The Kier molecular flexibility index (Phi) is 3.61. The molecule has 0 fully saturated rings. The number of aromatic hydroxyl groups is 1. The topological polar surface area (TPSA) is 29.5 Å². The Morgan fingerprint density at radius 2 is 1.60 bits per heavy atom. The number of rotatable bonds is 3. The van der Waals surface area contributed by atoms with Crippen molar-refractivity contribution in [2.24, 2.45) is 0 Å². The molecule has 0 heterocycles. The fourth-order valence-corrected chi connectivity index (χ4v) is 1.96. The standard InChI is InChI=1S/C13H20O2/c1-6-11-10(5)13(15-7-2)9(4)8(3)12(11)14/h14H,6-7H2,1-5H3. The lowest BCUT2D eigenvalue weighted by Gasteiger charge is -2.18. The van der Waals surface area contributed by atoms with E-state index in [1.54, 1.807) is 0 Å². The maximum Gasteiger partial charge on any atom is 0.125 e. The van der Waals surface area contributed by atoms with Crippen molar-refractivity contribution in [1.29, 1.82) is 0 Å². The van der Waals surface area contributed by atoms with Crippen LogP contribution in [0.4, 0.5) is 0 Å². The largest absolute Gasteiger partial charge is 0.507 e. The van der Waals surface area contributed by atoms with Gasteiger partial charge >= 0.3 is 0 Å². The summed E-state index contributed by atoms with van der Waals surface area (Å²) < 4.78 is 5.63. The fourth-order valence-electron chi connectivity index (χ4n) is 1.96. The number of ether oxygens (including phenoxy) is 1. The molecule has 0 aliphatic carbocycles. The molecule has 0 saturated carbocycles. The second-order valence-electron chi connectivity index (χ2n) is 3.82. The highest BCUT2D eigenvalue weighted by Crippen LogP contribution is 2.37. The highest BCUT2D eigenvalue weighted by atomic mass is 16.5. The van der Waals surface area contributed by atoms with E-state index in [-0.39, 0.29) is 0 Å². The molecule has 0 amide bonds. The van der Waals surface area contributed by atoms with E-state index in [4.69, 9.17) is 4.74 Å². The van der Waals surface area contributed by atoms with Gasteiger partial charge in [-0.15, -0.1) is 0 Å². The molecule has 0 aliphatic heterocycles. The Bertz CT molecular complexity index is 368. The summed E-state index contributed by atoms with van der Waals surface area (Å²) >= 11 is 0. The van der Waals surface area contributed by atoms with Crippen molar-refractivity contribution >= 4 is 0 Å². The molecule has 1 aromatic carbocycles. The molecule has 2 nitrogen and oxygen atoms in total. The molecule has 0 bridgehead atoms. The average Bonchev–Trinajstić information content (AvgIpc) is 2.22. The van der Waals surface area contributed by atoms with E-state index >= 15 is 0 Å². The molecule has 0 saturated heterocycles. The summed E-state index contributed by atoms with van der Waals surface area (Å²) in [5, 5.41) is 10.00. The van der Waals surface area contributed by atoms with Gasteiger partial charge in [0.15, 0.2) is 0 Å². The van der Waals surface area contributed by atoms with Crippen molar-refractivity contribution in [3.05, 3.63) is 22.3 Å². The maximum atomic E-state index is 10.00. The van der Waals surface area contributed by atoms with Crippen LogP contribution in [0.2, 0.25) is 0 Å². The van der Waals surface area contributed by atoms with E-state index in [1.807, 2.05) is 34.6 Å². The number of hydrogen-bond donors (Lipinski definition) is 1. The van der Waals surface area contributed by atoms with Crippen molar-refractivity contribution < 1.29 is 9.84 Å². The highest BCUT2D eigenvalue weighted by molar-refractivity contribution is 5.57. The van der Waals surface area contributed by atoms with Gasteiger partial charge in [0.1, 0.15) is 11.5 Å². The Morgan fingerprint density at radius 3 is 2.07 bits per heavy atom. The monoisotopic (exact) mass is 208 g/mol. The van der Waals surface area contributed by atoms with E-state index in [0.717, 1.165) is 34.4 Å². The third-order valence-electron chi connectivity index (χ3n) is 2.98. The molecule has 15 heavy (non-hydrogen) atoms. The molecule has 0 radical (unpaired) electrons. The molecular formula is C13H20O2. The first-order valence-corrected chi connectivity index (χ1v) is 5.48. The van der Waals surface area contributed by atoms with E-state index in [1.165, 1.54) is 0 Å². The first kappa shape index (κ1) is 11.9.